The van der Waals surface area contributed by atoms with Gasteiger partial charge >= 0.3 is 118 Å². The normalized spacial score (nSPS) is 43.0. The number of ether oxygens (including phenoxy) is 8. The summed E-state index contributed by atoms with van der Waals surface area (Å²) in [7, 11) is -9.96. The molecule has 4 rings (SSSR count). The van der Waals surface area contributed by atoms with Crippen LogP contribution in [0.5, 0.6) is 0 Å². The summed E-state index contributed by atoms with van der Waals surface area (Å²) >= 11 is 0. The maximum Gasteiger partial charge on any atom is 1.00 e. The molecule has 4 aliphatic rings. The molecule has 0 amide bonds. The van der Waals surface area contributed by atoms with E-state index in [1.165, 1.54) is 0 Å². The van der Waals surface area contributed by atoms with E-state index in [1.54, 1.807) is 0 Å². The van der Waals surface area contributed by atoms with E-state index >= 15 is 0 Å². The number of rotatable bonds is 13. The van der Waals surface area contributed by atoms with E-state index in [1.807, 2.05) is 0 Å². The summed E-state index contributed by atoms with van der Waals surface area (Å²) in [6.07, 6.45) is -28.9. The van der Waals surface area contributed by atoms with Crippen LogP contribution in [0.25, 0.3) is 11.5 Å². The molecule has 0 spiro atoms. The Morgan fingerprint density at radius 3 is 1.43 bits per heavy atom. The van der Waals surface area contributed by atoms with Gasteiger partial charge in [-0.15, -0.1) is 0 Å². The van der Waals surface area contributed by atoms with Crippen LogP contribution in [0.2, 0.25) is 0 Å². The molecule has 4 heterocycles. The first-order valence-electron chi connectivity index (χ1n) is 14.7. The number of methoxy groups -OCH3 is 1. The zero-order valence-corrected chi connectivity index (χ0v) is 39.3. The number of hydrogen-bond donors (Lipinski definition) is 7. The van der Waals surface area contributed by atoms with E-state index in [0.717, 1.165) is 7.11 Å². The fourth-order valence-electron chi connectivity index (χ4n) is 5.60. The number of aliphatic hydroxyl groups is 7. The molecule has 4 fully saturated rings. The minimum absolute atomic E-state index is 0. The van der Waals surface area contributed by atoms with Crippen LogP contribution in [0.4, 0.5) is 0 Å². The van der Waals surface area contributed by atoms with E-state index in [-0.39, 0.29) is 118 Å². The van der Waals surface area contributed by atoms with Gasteiger partial charge in [0.15, 0.2) is 24.8 Å². The molecule has 4 aliphatic heterocycles. The van der Waals surface area contributed by atoms with Crippen molar-refractivity contribution in [1.29, 1.82) is 0 Å². The van der Waals surface area contributed by atoms with E-state index in [0.29, 0.717) is 0 Å². The fourth-order valence-corrected chi connectivity index (χ4v) is 6.55. The Labute approximate surface area is 397 Å². The summed E-state index contributed by atoms with van der Waals surface area (Å²) < 4.78 is 120. The van der Waals surface area contributed by atoms with Crippen molar-refractivity contribution in [2.45, 2.75) is 110 Å². The maximum atomic E-state index is 11.6. The largest absolute Gasteiger partial charge is 1.00 e. The first-order valence-corrected chi connectivity index (χ1v) is 17.3. The van der Waals surface area contributed by atoms with Crippen LogP contribution < -0.4 is 118 Å². The number of nitrogens with one attached hydrogen (secondary N) is 2. The maximum absolute atomic E-state index is 11.6. The second-order valence-corrected chi connectivity index (χ2v) is 13.5. The third-order valence-electron chi connectivity index (χ3n) is 8.15. The Kier molecular flexibility index (Phi) is 26.0. The van der Waals surface area contributed by atoms with Crippen molar-refractivity contribution in [3.05, 3.63) is 11.5 Å². The van der Waals surface area contributed by atoms with Gasteiger partial charge in [0.2, 0.25) is 20.8 Å². The third kappa shape index (κ3) is 14.6. The van der Waals surface area contributed by atoms with Gasteiger partial charge in [-0.05, 0) is 0 Å². The fraction of sp³-hybridized carbons (Fsp3) is 1.00. The molecule has 4 saturated heterocycles. The smallest absolute Gasteiger partial charge is 0.726 e. The molecule has 0 bridgehead atoms. The zero-order chi connectivity index (χ0) is 37.3. The summed E-state index contributed by atoms with van der Waals surface area (Å²) in [6, 6.07) is -3.58. The molecule has 54 heavy (non-hydrogen) atoms. The van der Waals surface area contributed by atoms with Crippen LogP contribution in [-0.2, 0) is 67.1 Å². The summed E-state index contributed by atoms with van der Waals surface area (Å²) in [6.45, 7) is -3.04. The molecule has 25 nitrogen and oxygen atoms in total. The van der Waals surface area contributed by atoms with E-state index in [4.69, 9.17) is 49.4 Å². The average Bonchev–Trinajstić information content (AvgIpc) is 3.04. The summed E-state index contributed by atoms with van der Waals surface area (Å²) in [5, 5.41) is 72.1. The molecule has 7 unspecified atom stereocenters. The van der Waals surface area contributed by atoms with Crippen molar-refractivity contribution >= 4 is 20.8 Å². The SMILES string of the molecule is CO[C@H]1OC[C@H](O[C@H]2OC(CO)[C@@H](O[C@@H]3OC[C@@H](O[C@H]4OC(CO)[C@@H](O)[C@H](O)C4[NH-])[C@H](O)C3OS(=O)(=O)[O-])[C@H](O)C2[NH-])C(O)C1OS(=O)(=O)[O-].[Na+].[Na+].[Na+].[Na+]. The van der Waals surface area contributed by atoms with Gasteiger partial charge in [0, 0.05) is 7.11 Å². The van der Waals surface area contributed by atoms with Gasteiger partial charge in [-0.2, -0.15) is 0 Å². The molecule has 0 aromatic heterocycles. The van der Waals surface area contributed by atoms with Gasteiger partial charge in [0.1, 0.15) is 61.4 Å². The van der Waals surface area contributed by atoms with Gasteiger partial charge in [-0.25, -0.2) is 16.8 Å². The van der Waals surface area contributed by atoms with Crippen molar-refractivity contribution < 1.29 is 226 Å². The summed E-state index contributed by atoms with van der Waals surface area (Å²) in [5.41, 5.74) is 16.5. The van der Waals surface area contributed by atoms with Crippen LogP contribution >= 0.6 is 0 Å². The second-order valence-electron chi connectivity index (χ2n) is 11.5. The molecule has 0 aliphatic carbocycles. The van der Waals surface area contributed by atoms with Crippen LogP contribution in [0.15, 0.2) is 0 Å². The van der Waals surface area contributed by atoms with E-state index in [2.05, 4.69) is 8.37 Å². The van der Waals surface area contributed by atoms with Gasteiger partial charge in [0.05, 0.1) is 38.6 Å². The topological polar surface area (TPSA) is 396 Å². The Bertz CT molecular complexity index is 1330. The van der Waals surface area contributed by atoms with Gasteiger partial charge in [-0.1, -0.05) is 12.1 Å². The molecule has 9 N–H and O–H groups in total. The van der Waals surface area contributed by atoms with Crippen LogP contribution in [-0.4, -0.2) is 206 Å². The molecule has 294 valence electrons. The first kappa shape index (κ1) is 57.1. The Balaban J connectivity index is 0.00000702. The molecular formula is C23H38N2Na4O23S2. The third-order valence-corrected chi connectivity index (χ3v) is 9.07. The zero-order valence-electron chi connectivity index (χ0n) is 29.7. The van der Waals surface area contributed by atoms with Crippen LogP contribution in [0.1, 0.15) is 0 Å². The van der Waals surface area contributed by atoms with Gasteiger partial charge in [-0.3, -0.25) is 8.37 Å². The van der Waals surface area contributed by atoms with Gasteiger partial charge in [0.25, 0.3) is 0 Å². The van der Waals surface area contributed by atoms with Crippen molar-refractivity contribution in [1.82, 2.24) is 0 Å². The minimum atomic E-state index is -5.63. The van der Waals surface area contributed by atoms with Gasteiger partial charge < -0.3 is 94.2 Å². The van der Waals surface area contributed by atoms with Crippen LogP contribution in [0.3, 0.4) is 0 Å². The Morgan fingerprint density at radius 1 is 0.593 bits per heavy atom. The monoisotopic (exact) mass is 866 g/mol. The molecule has 0 saturated carbocycles. The van der Waals surface area contributed by atoms with Crippen molar-refractivity contribution in [3.8, 4) is 0 Å². The molecule has 31 heteroatoms. The summed E-state index contributed by atoms with van der Waals surface area (Å²) in [5.74, 6) is 0. The summed E-state index contributed by atoms with van der Waals surface area (Å²) in [4.78, 5) is 0. The van der Waals surface area contributed by atoms with Crippen molar-refractivity contribution in [2.75, 3.05) is 33.5 Å². The van der Waals surface area contributed by atoms with E-state index < -0.39 is 158 Å². The molecule has 0 radical (unpaired) electrons. The molecule has 0 aromatic carbocycles. The standard InChI is InChI=1S/C23H40N2O23S2.4Na/c1-39-22-18(47-49(33,34)35)13(29)8(4-40-22)45-21-11(25)16(32)17(7(3-27)43-21)46-23-19(48-50(36,37)38)14(30)9(5-41-23)44-20-10(24)15(31)12(28)6(2-26)42-20;;;;/h6-32H,2-5H2,1H3,(H,33,34,35)(H,36,37,38);;;;/q-2;4*+1/p-2/t6?,7?,8-,9+,10?,11?,12+,13?,14-,15+,16+,17+,18?,19?,20+,21+,22-,23-;;;;/m0..../s1. The molecular weight excluding hydrogens is 828 g/mol. The van der Waals surface area contributed by atoms with E-state index in [9.17, 15) is 61.7 Å². The van der Waals surface area contributed by atoms with Crippen LogP contribution in [0, 0.1) is 0 Å². The number of hydrogen-bond acceptors (Lipinski definition) is 23. The predicted octanol–water partition coefficient (Wildman–Crippen LogP) is -18.7. The average molecular weight is 867 g/mol. The number of aliphatic hydroxyl groups excluding tert-OH is 7. The van der Waals surface area contributed by atoms with Crippen molar-refractivity contribution in [2.24, 2.45) is 0 Å². The van der Waals surface area contributed by atoms with Crippen molar-refractivity contribution in [3.63, 3.8) is 0 Å². The minimum Gasteiger partial charge on any atom is -0.726 e. The molecule has 18 atom stereocenters. The Morgan fingerprint density at radius 2 is 1.00 bits per heavy atom. The Hall–Kier alpha value is 3.06. The second kappa shape index (κ2) is 24.6. The quantitative estimate of drug-likeness (QED) is 0.0513. The first-order chi connectivity index (χ1) is 23.3. The molecule has 0 aromatic rings. The predicted molar refractivity (Wildman–Crippen MR) is 148 cm³/mol.